The first kappa shape index (κ1) is 21.6. The number of amides is 1. The lowest BCUT2D eigenvalue weighted by Crippen LogP contribution is -2.49. The van der Waals surface area contributed by atoms with E-state index in [1.54, 1.807) is 24.5 Å². The van der Waals surface area contributed by atoms with Crippen LogP contribution in [0.4, 0.5) is 0 Å². The van der Waals surface area contributed by atoms with Gasteiger partial charge in [0.2, 0.25) is 0 Å². The molecule has 8 heteroatoms. The van der Waals surface area contributed by atoms with Crippen LogP contribution < -0.4 is 9.47 Å². The predicted molar refractivity (Wildman–Crippen MR) is 123 cm³/mol. The molecule has 0 saturated carbocycles. The van der Waals surface area contributed by atoms with Crippen molar-refractivity contribution in [3.63, 3.8) is 0 Å². The topological polar surface area (TPSA) is 54.9 Å². The van der Waals surface area contributed by atoms with Crippen LogP contribution in [0.25, 0.3) is 11.3 Å². The van der Waals surface area contributed by atoms with Crippen LogP contribution in [0.3, 0.4) is 0 Å². The summed E-state index contributed by atoms with van der Waals surface area (Å²) in [6, 6.07) is 15.0. The van der Waals surface area contributed by atoms with Crippen molar-refractivity contribution in [2.45, 2.75) is 6.54 Å². The van der Waals surface area contributed by atoms with Gasteiger partial charge < -0.3 is 14.4 Å². The number of carbonyl (C=O) groups is 1. The first-order chi connectivity index (χ1) is 15.1. The molecule has 0 atom stereocenters. The Balaban J connectivity index is 1.24. The maximum Gasteiger partial charge on any atom is 0.260 e. The Labute approximate surface area is 191 Å². The second-order valence-electron chi connectivity index (χ2n) is 7.26. The highest BCUT2D eigenvalue weighted by Crippen LogP contribution is 2.24. The number of thiazole rings is 1. The number of rotatable bonds is 7. The van der Waals surface area contributed by atoms with Crippen molar-refractivity contribution >= 4 is 28.8 Å². The maximum absolute atomic E-state index is 12.5. The highest BCUT2D eigenvalue weighted by molar-refractivity contribution is 7.09. The molecule has 2 heterocycles. The van der Waals surface area contributed by atoms with E-state index in [9.17, 15) is 4.79 Å². The van der Waals surface area contributed by atoms with Gasteiger partial charge in [0, 0.05) is 48.2 Å². The van der Waals surface area contributed by atoms with E-state index >= 15 is 0 Å². The standard InChI is InChI=1S/C23H24ClN3O3S/c1-29-19-3-2-4-20(13-19)30-15-23(28)27-11-9-26(10-12-27)14-22-25-21(16-31-22)17-5-7-18(24)8-6-17/h2-8,13,16H,9-12,14-15H2,1H3. The quantitative estimate of drug-likeness (QED) is 0.532. The van der Waals surface area contributed by atoms with Crippen LogP contribution in [0.5, 0.6) is 11.5 Å². The minimum atomic E-state index is 0.00161. The van der Waals surface area contributed by atoms with Crippen LogP contribution in [0.2, 0.25) is 5.02 Å². The van der Waals surface area contributed by atoms with Gasteiger partial charge in [-0.15, -0.1) is 11.3 Å². The number of aromatic nitrogens is 1. The third kappa shape index (κ3) is 5.76. The summed E-state index contributed by atoms with van der Waals surface area (Å²) in [5.74, 6) is 1.34. The fraction of sp³-hybridized carbons (Fsp3) is 0.304. The number of hydrogen-bond donors (Lipinski definition) is 0. The van der Waals surface area contributed by atoms with Crippen molar-refractivity contribution < 1.29 is 14.3 Å². The summed E-state index contributed by atoms with van der Waals surface area (Å²) in [5, 5.41) is 3.88. The van der Waals surface area contributed by atoms with Gasteiger partial charge in [0.05, 0.1) is 19.3 Å². The lowest BCUT2D eigenvalue weighted by atomic mass is 10.2. The summed E-state index contributed by atoms with van der Waals surface area (Å²) in [6.07, 6.45) is 0. The third-order valence-corrected chi connectivity index (χ3v) is 6.26. The monoisotopic (exact) mass is 457 g/mol. The second kappa shape index (κ2) is 10.1. The molecule has 0 unspecified atom stereocenters. The number of methoxy groups -OCH3 is 1. The van der Waals surface area contributed by atoms with Crippen molar-refractivity contribution in [1.82, 2.24) is 14.8 Å². The van der Waals surface area contributed by atoms with E-state index in [1.165, 1.54) is 0 Å². The highest BCUT2D eigenvalue weighted by atomic mass is 35.5. The van der Waals surface area contributed by atoms with Crippen molar-refractivity contribution in [2.24, 2.45) is 0 Å². The van der Waals surface area contributed by atoms with Crippen LogP contribution >= 0.6 is 22.9 Å². The summed E-state index contributed by atoms with van der Waals surface area (Å²) < 4.78 is 10.8. The summed E-state index contributed by atoms with van der Waals surface area (Å²) in [7, 11) is 1.61. The zero-order chi connectivity index (χ0) is 21.6. The average molecular weight is 458 g/mol. The minimum Gasteiger partial charge on any atom is -0.497 e. The Morgan fingerprint density at radius 1 is 1.10 bits per heavy atom. The van der Waals surface area contributed by atoms with Crippen molar-refractivity contribution in [2.75, 3.05) is 39.9 Å². The Kier molecular flexibility index (Phi) is 7.06. The lowest BCUT2D eigenvalue weighted by molar-refractivity contribution is -0.135. The van der Waals surface area contributed by atoms with Gasteiger partial charge in [0.1, 0.15) is 16.5 Å². The Morgan fingerprint density at radius 2 is 1.84 bits per heavy atom. The molecule has 3 aromatic rings. The molecule has 1 aliphatic heterocycles. The number of halogens is 1. The molecule has 0 aliphatic carbocycles. The highest BCUT2D eigenvalue weighted by Gasteiger charge is 2.22. The first-order valence-corrected chi connectivity index (χ1v) is 11.3. The number of ether oxygens (including phenoxy) is 2. The second-order valence-corrected chi connectivity index (χ2v) is 8.64. The van der Waals surface area contributed by atoms with Gasteiger partial charge in [-0.2, -0.15) is 0 Å². The first-order valence-electron chi connectivity index (χ1n) is 10.1. The average Bonchev–Trinajstić information content (AvgIpc) is 3.27. The van der Waals surface area contributed by atoms with Gasteiger partial charge in [0.15, 0.2) is 6.61 Å². The molecule has 31 heavy (non-hydrogen) atoms. The fourth-order valence-electron chi connectivity index (χ4n) is 3.41. The van der Waals surface area contributed by atoms with Crippen LogP contribution in [0.15, 0.2) is 53.9 Å². The molecule has 0 spiro atoms. The van der Waals surface area contributed by atoms with Crippen LogP contribution in [-0.4, -0.2) is 60.6 Å². The van der Waals surface area contributed by atoms with E-state index in [4.69, 9.17) is 26.1 Å². The normalized spacial score (nSPS) is 14.5. The molecular formula is C23H24ClN3O3S. The molecule has 4 rings (SSSR count). The van der Waals surface area contributed by atoms with Crippen LogP contribution in [-0.2, 0) is 11.3 Å². The maximum atomic E-state index is 12.5. The molecule has 0 radical (unpaired) electrons. The molecule has 1 aliphatic rings. The molecular weight excluding hydrogens is 434 g/mol. The van der Waals surface area contributed by atoms with Crippen LogP contribution in [0, 0.1) is 0 Å². The molecule has 1 fully saturated rings. The number of nitrogens with zero attached hydrogens (tertiary/aromatic N) is 3. The van der Waals surface area contributed by atoms with E-state index in [1.807, 2.05) is 47.4 Å². The van der Waals surface area contributed by atoms with Gasteiger partial charge in [0.25, 0.3) is 5.91 Å². The third-order valence-electron chi connectivity index (χ3n) is 5.18. The Hall–Kier alpha value is -2.61. The summed E-state index contributed by atoms with van der Waals surface area (Å²) in [5.41, 5.74) is 2.04. The van der Waals surface area contributed by atoms with Gasteiger partial charge in [-0.25, -0.2) is 4.98 Å². The molecule has 0 bridgehead atoms. The molecule has 1 amide bonds. The van der Waals surface area contributed by atoms with E-state index in [0.29, 0.717) is 24.6 Å². The summed E-state index contributed by atoms with van der Waals surface area (Å²) in [6.45, 7) is 3.84. The number of carbonyl (C=O) groups excluding carboxylic acids is 1. The molecule has 6 nitrogen and oxygen atoms in total. The largest absolute Gasteiger partial charge is 0.497 e. The van der Waals surface area contributed by atoms with Crippen molar-refractivity contribution in [3.8, 4) is 22.8 Å². The van der Waals surface area contributed by atoms with Gasteiger partial charge in [-0.05, 0) is 24.3 Å². The fourth-order valence-corrected chi connectivity index (χ4v) is 4.38. The molecule has 1 saturated heterocycles. The van der Waals surface area contributed by atoms with Gasteiger partial charge in [-0.1, -0.05) is 29.8 Å². The zero-order valence-electron chi connectivity index (χ0n) is 17.3. The molecule has 2 aromatic carbocycles. The van der Waals surface area contributed by atoms with Crippen molar-refractivity contribution in [1.29, 1.82) is 0 Å². The molecule has 162 valence electrons. The lowest BCUT2D eigenvalue weighted by Gasteiger charge is -2.34. The minimum absolute atomic E-state index is 0.00161. The van der Waals surface area contributed by atoms with E-state index in [-0.39, 0.29) is 12.5 Å². The molecule has 1 aromatic heterocycles. The van der Waals surface area contributed by atoms with E-state index in [0.717, 1.165) is 40.9 Å². The zero-order valence-corrected chi connectivity index (χ0v) is 18.9. The Bertz CT molecular complexity index is 1020. The number of hydrogen-bond acceptors (Lipinski definition) is 6. The van der Waals surface area contributed by atoms with Crippen LogP contribution in [0.1, 0.15) is 5.01 Å². The Morgan fingerprint density at radius 3 is 2.58 bits per heavy atom. The molecule has 0 N–H and O–H groups in total. The predicted octanol–water partition coefficient (Wildman–Crippen LogP) is 4.20. The number of benzene rings is 2. The number of piperazine rings is 1. The smallest absolute Gasteiger partial charge is 0.260 e. The van der Waals surface area contributed by atoms with Crippen molar-refractivity contribution in [3.05, 3.63) is 63.9 Å². The van der Waals surface area contributed by atoms with Gasteiger partial charge in [-0.3, -0.25) is 9.69 Å². The van der Waals surface area contributed by atoms with E-state index in [2.05, 4.69) is 10.3 Å². The van der Waals surface area contributed by atoms with Gasteiger partial charge >= 0.3 is 0 Å². The van der Waals surface area contributed by atoms with E-state index < -0.39 is 0 Å². The summed E-state index contributed by atoms with van der Waals surface area (Å²) >= 11 is 7.63. The summed E-state index contributed by atoms with van der Waals surface area (Å²) in [4.78, 5) is 21.5. The SMILES string of the molecule is COc1cccc(OCC(=O)N2CCN(Cc3nc(-c4ccc(Cl)cc4)cs3)CC2)c1.